The van der Waals surface area contributed by atoms with Crippen LogP contribution in [0.2, 0.25) is 0 Å². The lowest BCUT2D eigenvalue weighted by atomic mass is 9.69. The molecule has 1 atom stereocenters. The summed E-state index contributed by atoms with van der Waals surface area (Å²) in [4.78, 5) is 12.6. The molecule has 6 heteroatoms. The van der Waals surface area contributed by atoms with Crippen LogP contribution in [-0.4, -0.2) is 21.0 Å². The Kier molecular flexibility index (Phi) is 6.98. The Hall–Kier alpha value is -2.60. The molecule has 1 saturated carbocycles. The predicted octanol–water partition coefficient (Wildman–Crippen LogP) is 4.90. The van der Waals surface area contributed by atoms with Gasteiger partial charge in [0, 0.05) is 6.54 Å². The van der Waals surface area contributed by atoms with Crippen molar-refractivity contribution in [3.8, 4) is 0 Å². The van der Waals surface area contributed by atoms with Crippen LogP contribution < -0.4 is 10.0 Å². The molecule has 5 nitrogen and oxygen atoms in total. The average molecular weight is 427 g/mol. The number of allylic oxidation sites excluding steroid dienone is 1. The molecule has 2 N–H and O–H groups in total. The van der Waals surface area contributed by atoms with Gasteiger partial charge in [-0.1, -0.05) is 66.9 Å². The summed E-state index contributed by atoms with van der Waals surface area (Å²) in [6.07, 6.45) is 6.93. The molecule has 2 aromatic carbocycles. The fourth-order valence-electron chi connectivity index (χ4n) is 4.51. The first kappa shape index (κ1) is 22.1. The average Bonchev–Trinajstić information content (AvgIpc) is 3.21. The topological polar surface area (TPSA) is 75.3 Å². The maximum atomic E-state index is 12.5. The second-order valence-electron chi connectivity index (χ2n) is 8.16. The second kappa shape index (κ2) is 9.47. The van der Waals surface area contributed by atoms with Crippen molar-refractivity contribution in [1.29, 1.82) is 0 Å². The van der Waals surface area contributed by atoms with Crippen molar-refractivity contribution in [3.05, 3.63) is 78.4 Å². The number of benzene rings is 2. The first-order valence-corrected chi connectivity index (χ1v) is 11.9. The Morgan fingerprint density at radius 2 is 1.73 bits per heavy atom. The third kappa shape index (κ3) is 5.11. The van der Waals surface area contributed by atoms with E-state index >= 15 is 0 Å². The van der Waals surface area contributed by atoms with Crippen LogP contribution in [0.5, 0.6) is 0 Å². The first-order chi connectivity index (χ1) is 14.4. The van der Waals surface area contributed by atoms with Crippen molar-refractivity contribution >= 4 is 16.1 Å². The molecule has 1 aliphatic rings. The number of carbonyl (C=O) groups is 1. The van der Waals surface area contributed by atoms with Gasteiger partial charge in [-0.3, -0.25) is 0 Å². The van der Waals surface area contributed by atoms with Gasteiger partial charge in [-0.2, -0.15) is 0 Å². The third-order valence-corrected chi connectivity index (χ3v) is 7.45. The Balaban J connectivity index is 1.73. The molecular formula is C24H30N2O3S. The van der Waals surface area contributed by atoms with Gasteiger partial charge in [0.15, 0.2) is 0 Å². The van der Waals surface area contributed by atoms with E-state index in [1.165, 1.54) is 17.7 Å². The number of hydrogen-bond acceptors (Lipinski definition) is 3. The smallest absolute Gasteiger partial charge is 0.328 e. The third-order valence-electron chi connectivity index (χ3n) is 6.10. The maximum absolute atomic E-state index is 12.5. The summed E-state index contributed by atoms with van der Waals surface area (Å²) in [6.45, 7) is 6.24. The fourth-order valence-corrected chi connectivity index (χ4v) is 5.44. The monoisotopic (exact) mass is 426 g/mol. The summed E-state index contributed by atoms with van der Waals surface area (Å²) < 4.78 is 27.2. The summed E-state index contributed by atoms with van der Waals surface area (Å²) in [5, 5.41) is 2.85. The van der Waals surface area contributed by atoms with Gasteiger partial charge in [-0.25, -0.2) is 17.9 Å². The Morgan fingerprint density at radius 1 is 1.10 bits per heavy atom. The van der Waals surface area contributed by atoms with Crippen molar-refractivity contribution < 1.29 is 13.2 Å². The Labute approximate surface area is 179 Å². The van der Waals surface area contributed by atoms with Gasteiger partial charge in [0.25, 0.3) is 10.0 Å². The number of amides is 2. The number of rotatable bonds is 8. The van der Waals surface area contributed by atoms with Gasteiger partial charge < -0.3 is 5.32 Å². The van der Waals surface area contributed by atoms with E-state index in [2.05, 4.69) is 28.8 Å². The van der Waals surface area contributed by atoms with Crippen LogP contribution in [0, 0.1) is 12.3 Å². The molecule has 0 radical (unpaired) electrons. The number of aryl methyl sites for hydroxylation is 1. The number of nitrogens with one attached hydrogen (secondary N) is 2. The zero-order chi connectivity index (χ0) is 21.6. The van der Waals surface area contributed by atoms with Gasteiger partial charge in [0.1, 0.15) is 0 Å². The quantitative estimate of drug-likeness (QED) is 0.589. The Bertz CT molecular complexity index is 963. The molecule has 30 heavy (non-hydrogen) atoms. The van der Waals surface area contributed by atoms with Gasteiger partial charge in [-0.05, 0) is 55.2 Å². The first-order valence-electron chi connectivity index (χ1n) is 10.4. The van der Waals surface area contributed by atoms with Gasteiger partial charge >= 0.3 is 6.03 Å². The lowest BCUT2D eigenvalue weighted by Crippen LogP contribution is -2.45. The highest BCUT2D eigenvalue weighted by Crippen LogP contribution is 2.50. The minimum atomic E-state index is -3.90. The molecule has 1 aliphatic carbocycles. The SMILES string of the molecule is C=CCC(c1ccccc1)C1(CNC(=O)NS(=O)(=O)c2ccc(C)cc2)CCCC1. The summed E-state index contributed by atoms with van der Waals surface area (Å²) in [5.74, 6) is 0.229. The lowest BCUT2D eigenvalue weighted by Gasteiger charge is -2.38. The molecule has 0 heterocycles. The van der Waals surface area contributed by atoms with Crippen LogP contribution >= 0.6 is 0 Å². The summed E-state index contributed by atoms with van der Waals surface area (Å²) in [5.41, 5.74) is 2.07. The van der Waals surface area contributed by atoms with Crippen molar-refractivity contribution in [3.63, 3.8) is 0 Å². The van der Waals surface area contributed by atoms with E-state index in [4.69, 9.17) is 0 Å². The van der Waals surface area contributed by atoms with Crippen molar-refractivity contribution in [1.82, 2.24) is 10.0 Å². The van der Waals surface area contributed by atoms with Crippen LogP contribution in [0.3, 0.4) is 0 Å². The molecule has 1 unspecified atom stereocenters. The summed E-state index contributed by atoms with van der Waals surface area (Å²) in [7, 11) is -3.90. The fraction of sp³-hybridized carbons (Fsp3) is 0.375. The standard InChI is InChI=1S/C24H30N2O3S/c1-3-9-22(20-10-5-4-6-11-20)24(16-7-8-17-24)18-25-23(27)26-30(28,29)21-14-12-19(2)13-15-21/h3-6,10-15,22H,1,7-9,16-18H2,2H3,(H2,25,26,27). The highest BCUT2D eigenvalue weighted by Gasteiger charge is 2.41. The maximum Gasteiger partial charge on any atom is 0.328 e. The minimum Gasteiger partial charge on any atom is -0.337 e. The van der Waals surface area contributed by atoms with E-state index in [0.717, 1.165) is 37.7 Å². The van der Waals surface area contributed by atoms with Crippen LogP contribution in [-0.2, 0) is 10.0 Å². The Morgan fingerprint density at radius 3 is 2.33 bits per heavy atom. The molecule has 2 amide bonds. The molecule has 0 spiro atoms. The van der Waals surface area contributed by atoms with Gasteiger partial charge in [-0.15, -0.1) is 6.58 Å². The second-order valence-corrected chi connectivity index (χ2v) is 9.84. The minimum absolute atomic E-state index is 0.0765. The van der Waals surface area contributed by atoms with E-state index in [0.29, 0.717) is 6.54 Å². The van der Waals surface area contributed by atoms with Crippen molar-refractivity contribution in [2.75, 3.05) is 6.54 Å². The van der Waals surface area contributed by atoms with Gasteiger partial charge in [0.2, 0.25) is 0 Å². The molecule has 160 valence electrons. The van der Waals surface area contributed by atoms with Crippen LogP contribution in [0.1, 0.15) is 49.1 Å². The van der Waals surface area contributed by atoms with E-state index in [9.17, 15) is 13.2 Å². The molecule has 0 aromatic heterocycles. The number of carbonyl (C=O) groups excluding carboxylic acids is 1. The summed E-state index contributed by atoms with van der Waals surface area (Å²) >= 11 is 0. The van der Waals surface area contributed by atoms with E-state index in [1.807, 2.05) is 31.2 Å². The van der Waals surface area contributed by atoms with E-state index < -0.39 is 16.1 Å². The molecule has 2 aromatic rings. The van der Waals surface area contributed by atoms with Gasteiger partial charge in [0.05, 0.1) is 4.90 Å². The molecule has 0 saturated heterocycles. The zero-order valence-corrected chi connectivity index (χ0v) is 18.3. The number of hydrogen-bond donors (Lipinski definition) is 2. The van der Waals surface area contributed by atoms with E-state index in [-0.39, 0.29) is 16.2 Å². The highest BCUT2D eigenvalue weighted by molar-refractivity contribution is 7.90. The summed E-state index contributed by atoms with van der Waals surface area (Å²) in [6, 6.07) is 16.0. The largest absolute Gasteiger partial charge is 0.337 e. The molecular weight excluding hydrogens is 396 g/mol. The normalized spacial score (nSPS) is 16.6. The van der Waals surface area contributed by atoms with Crippen molar-refractivity contribution in [2.45, 2.75) is 49.8 Å². The molecule has 0 bridgehead atoms. The zero-order valence-electron chi connectivity index (χ0n) is 17.4. The molecule has 3 rings (SSSR count). The lowest BCUT2D eigenvalue weighted by molar-refractivity contribution is 0.208. The highest BCUT2D eigenvalue weighted by atomic mass is 32.2. The molecule has 1 fully saturated rings. The predicted molar refractivity (Wildman–Crippen MR) is 120 cm³/mol. The van der Waals surface area contributed by atoms with Crippen LogP contribution in [0.4, 0.5) is 4.79 Å². The molecule has 0 aliphatic heterocycles. The van der Waals surface area contributed by atoms with Crippen LogP contribution in [0.15, 0.2) is 72.1 Å². The number of urea groups is 1. The van der Waals surface area contributed by atoms with E-state index in [1.54, 1.807) is 12.1 Å². The van der Waals surface area contributed by atoms with Crippen molar-refractivity contribution in [2.24, 2.45) is 5.41 Å². The van der Waals surface area contributed by atoms with Crippen LogP contribution in [0.25, 0.3) is 0 Å². The number of sulfonamides is 1.